The molecule has 0 aliphatic carbocycles. The lowest BCUT2D eigenvalue weighted by molar-refractivity contribution is -0.144. The van der Waals surface area contributed by atoms with Gasteiger partial charge in [-0.05, 0) is 48.5 Å². The molecule has 4 nitrogen and oxygen atoms in total. The standard InChI is InChI=1S/C12H24N2O2/c1-8(2)13-11(14-9(3)4)16-10(15)12(5,6)7/h8-9H,1-7H3,(H,13,14). The Bertz CT molecular complexity index is 263. The highest BCUT2D eigenvalue weighted by molar-refractivity contribution is 5.90. The summed E-state index contributed by atoms with van der Waals surface area (Å²) in [6.07, 6.45) is 0. The number of amidine groups is 1. The molecule has 4 heteroatoms. The van der Waals surface area contributed by atoms with Crippen LogP contribution in [0.25, 0.3) is 0 Å². The van der Waals surface area contributed by atoms with Gasteiger partial charge in [-0.15, -0.1) is 0 Å². The van der Waals surface area contributed by atoms with Crippen LogP contribution in [0.1, 0.15) is 48.5 Å². The van der Waals surface area contributed by atoms with Crippen LogP contribution < -0.4 is 5.32 Å². The molecule has 0 bridgehead atoms. The minimum absolute atomic E-state index is 0.0917. The van der Waals surface area contributed by atoms with Crippen LogP contribution in [0, 0.1) is 5.41 Å². The average molecular weight is 228 g/mol. The highest BCUT2D eigenvalue weighted by Crippen LogP contribution is 2.15. The summed E-state index contributed by atoms with van der Waals surface area (Å²) in [4.78, 5) is 15.9. The number of rotatable bonds is 2. The molecule has 16 heavy (non-hydrogen) atoms. The first-order valence-electron chi connectivity index (χ1n) is 5.69. The van der Waals surface area contributed by atoms with E-state index in [9.17, 15) is 4.79 Å². The SMILES string of the molecule is CC(C)N=C(NC(C)C)OC(=O)C(C)(C)C. The van der Waals surface area contributed by atoms with Crippen LogP contribution in [0.2, 0.25) is 0 Å². The largest absolute Gasteiger partial charge is 0.392 e. The molecular formula is C12H24N2O2. The van der Waals surface area contributed by atoms with E-state index < -0.39 is 5.41 Å². The zero-order chi connectivity index (χ0) is 12.9. The Morgan fingerprint density at radius 1 is 1.19 bits per heavy atom. The van der Waals surface area contributed by atoms with Crippen molar-refractivity contribution >= 4 is 12.0 Å². The quantitative estimate of drug-likeness (QED) is 0.448. The maximum atomic E-state index is 11.7. The normalized spacial score (nSPS) is 13.2. The van der Waals surface area contributed by atoms with Gasteiger partial charge >= 0.3 is 5.97 Å². The third kappa shape index (κ3) is 6.43. The smallest absolute Gasteiger partial charge is 0.318 e. The van der Waals surface area contributed by atoms with Crippen molar-refractivity contribution in [2.24, 2.45) is 10.4 Å². The fourth-order valence-corrected chi connectivity index (χ4v) is 0.815. The van der Waals surface area contributed by atoms with Crippen LogP contribution in [-0.4, -0.2) is 24.1 Å². The maximum Gasteiger partial charge on any atom is 0.318 e. The number of carbonyl (C=O) groups excluding carboxylic acids is 1. The molecule has 0 saturated heterocycles. The first-order valence-corrected chi connectivity index (χ1v) is 5.69. The van der Waals surface area contributed by atoms with Crippen LogP contribution >= 0.6 is 0 Å². The van der Waals surface area contributed by atoms with Crippen molar-refractivity contribution in [3.05, 3.63) is 0 Å². The number of nitrogens with one attached hydrogen (secondary N) is 1. The van der Waals surface area contributed by atoms with Gasteiger partial charge in [-0.25, -0.2) is 4.99 Å². The molecule has 0 aromatic carbocycles. The van der Waals surface area contributed by atoms with Gasteiger partial charge in [0.1, 0.15) is 0 Å². The molecular weight excluding hydrogens is 204 g/mol. The van der Waals surface area contributed by atoms with E-state index in [1.54, 1.807) is 0 Å². The molecule has 0 unspecified atom stereocenters. The van der Waals surface area contributed by atoms with Gasteiger partial charge in [-0.3, -0.25) is 4.79 Å². The fourth-order valence-electron chi connectivity index (χ4n) is 0.815. The molecule has 0 aliphatic heterocycles. The van der Waals surface area contributed by atoms with Crippen LogP contribution in [0.4, 0.5) is 0 Å². The van der Waals surface area contributed by atoms with E-state index in [0.29, 0.717) is 6.02 Å². The Hall–Kier alpha value is -1.06. The van der Waals surface area contributed by atoms with Gasteiger partial charge in [0.2, 0.25) is 0 Å². The molecule has 0 amide bonds. The summed E-state index contributed by atoms with van der Waals surface area (Å²) in [7, 11) is 0. The van der Waals surface area contributed by atoms with Gasteiger partial charge in [-0.2, -0.15) is 0 Å². The highest BCUT2D eigenvalue weighted by atomic mass is 16.6. The molecule has 0 radical (unpaired) electrons. The van der Waals surface area contributed by atoms with E-state index in [-0.39, 0.29) is 18.1 Å². The monoisotopic (exact) mass is 228 g/mol. The molecule has 0 aliphatic rings. The topological polar surface area (TPSA) is 50.7 Å². The van der Waals surface area contributed by atoms with E-state index in [2.05, 4.69) is 10.3 Å². The molecule has 0 spiro atoms. The Balaban J connectivity index is 4.63. The molecule has 94 valence electrons. The first kappa shape index (κ1) is 14.9. The second kappa shape index (κ2) is 5.87. The second-order valence-corrected chi connectivity index (χ2v) is 5.47. The highest BCUT2D eigenvalue weighted by Gasteiger charge is 2.25. The van der Waals surface area contributed by atoms with E-state index >= 15 is 0 Å². The van der Waals surface area contributed by atoms with Crippen LogP contribution in [0.3, 0.4) is 0 Å². The van der Waals surface area contributed by atoms with Crippen molar-refractivity contribution in [1.29, 1.82) is 0 Å². The van der Waals surface area contributed by atoms with E-state index in [4.69, 9.17) is 4.74 Å². The second-order valence-electron chi connectivity index (χ2n) is 5.47. The molecule has 0 atom stereocenters. The van der Waals surface area contributed by atoms with Crippen molar-refractivity contribution in [2.75, 3.05) is 0 Å². The summed E-state index contributed by atoms with van der Waals surface area (Å²) in [5.74, 6) is -0.278. The summed E-state index contributed by atoms with van der Waals surface area (Å²) in [5.41, 5.74) is -0.517. The summed E-state index contributed by atoms with van der Waals surface area (Å²) < 4.78 is 5.24. The molecule has 0 aromatic heterocycles. The maximum absolute atomic E-state index is 11.7. The summed E-state index contributed by atoms with van der Waals surface area (Å²) >= 11 is 0. The molecule has 0 rings (SSSR count). The third-order valence-corrected chi connectivity index (χ3v) is 1.59. The Morgan fingerprint density at radius 2 is 1.69 bits per heavy atom. The van der Waals surface area contributed by atoms with Crippen LogP contribution in [-0.2, 0) is 9.53 Å². The summed E-state index contributed by atoms with van der Waals surface area (Å²) in [6, 6.07) is 0.587. The predicted molar refractivity (Wildman–Crippen MR) is 66.4 cm³/mol. The molecule has 1 N–H and O–H groups in total. The van der Waals surface area contributed by atoms with Gasteiger partial charge in [0, 0.05) is 12.1 Å². The Kier molecular flexibility index (Phi) is 5.48. The third-order valence-electron chi connectivity index (χ3n) is 1.59. The molecule has 0 fully saturated rings. The van der Waals surface area contributed by atoms with Crippen LogP contribution in [0.5, 0.6) is 0 Å². The molecule has 0 heterocycles. The predicted octanol–water partition coefficient (Wildman–Crippen LogP) is 2.34. The summed E-state index contributed by atoms with van der Waals surface area (Å²) in [5, 5.41) is 3.02. The Morgan fingerprint density at radius 3 is 2.00 bits per heavy atom. The number of hydrogen-bond donors (Lipinski definition) is 1. The minimum atomic E-state index is -0.517. The number of hydrogen-bond acceptors (Lipinski definition) is 3. The van der Waals surface area contributed by atoms with Gasteiger partial charge in [-0.1, -0.05) is 0 Å². The fraction of sp³-hybridized carbons (Fsp3) is 0.833. The lowest BCUT2D eigenvalue weighted by Gasteiger charge is -2.19. The minimum Gasteiger partial charge on any atom is -0.392 e. The number of aliphatic imine (C=N–C) groups is 1. The van der Waals surface area contributed by atoms with Gasteiger partial charge in [0.05, 0.1) is 5.41 Å². The Labute approximate surface area is 98.5 Å². The number of nitrogens with zero attached hydrogens (tertiary/aromatic N) is 1. The first-order chi connectivity index (χ1) is 7.12. The van der Waals surface area contributed by atoms with Crippen molar-refractivity contribution in [3.63, 3.8) is 0 Å². The van der Waals surface area contributed by atoms with Crippen molar-refractivity contribution in [3.8, 4) is 0 Å². The van der Waals surface area contributed by atoms with Gasteiger partial charge in [0.25, 0.3) is 6.02 Å². The molecule has 0 saturated carbocycles. The van der Waals surface area contributed by atoms with Crippen LogP contribution in [0.15, 0.2) is 4.99 Å². The molecule has 0 aromatic rings. The van der Waals surface area contributed by atoms with Gasteiger partial charge in [0.15, 0.2) is 0 Å². The van der Waals surface area contributed by atoms with E-state index in [1.807, 2.05) is 48.5 Å². The van der Waals surface area contributed by atoms with E-state index in [1.165, 1.54) is 0 Å². The van der Waals surface area contributed by atoms with Crippen molar-refractivity contribution in [1.82, 2.24) is 5.32 Å². The average Bonchev–Trinajstić information content (AvgIpc) is 1.98. The zero-order valence-corrected chi connectivity index (χ0v) is 11.4. The number of esters is 1. The summed E-state index contributed by atoms with van der Waals surface area (Å²) in [6.45, 7) is 13.3. The van der Waals surface area contributed by atoms with Crippen molar-refractivity contribution in [2.45, 2.75) is 60.5 Å². The lowest BCUT2D eigenvalue weighted by atomic mass is 9.97. The lowest BCUT2D eigenvalue weighted by Crippen LogP contribution is -2.37. The van der Waals surface area contributed by atoms with Gasteiger partial charge < -0.3 is 10.1 Å². The number of carbonyl (C=O) groups is 1. The van der Waals surface area contributed by atoms with Crippen molar-refractivity contribution < 1.29 is 9.53 Å². The number of ether oxygens (including phenoxy) is 1. The van der Waals surface area contributed by atoms with E-state index in [0.717, 1.165) is 0 Å². The zero-order valence-electron chi connectivity index (χ0n) is 11.4.